The molecular formula is C19H25NO4. The number of rotatable bonds is 6. The van der Waals surface area contributed by atoms with E-state index in [4.69, 9.17) is 9.47 Å². The molecule has 3 rings (SSSR count). The molecule has 2 N–H and O–H groups in total. The average molecular weight is 331 g/mol. The third-order valence-corrected chi connectivity index (χ3v) is 4.65. The van der Waals surface area contributed by atoms with Gasteiger partial charge in [0.1, 0.15) is 30.0 Å². The molecule has 1 heterocycles. The van der Waals surface area contributed by atoms with E-state index >= 15 is 0 Å². The predicted molar refractivity (Wildman–Crippen MR) is 92.2 cm³/mol. The zero-order valence-corrected chi connectivity index (χ0v) is 14.0. The monoisotopic (exact) mass is 331 g/mol. The highest BCUT2D eigenvalue weighted by Crippen LogP contribution is 2.32. The van der Waals surface area contributed by atoms with Crippen molar-refractivity contribution in [1.82, 2.24) is 4.90 Å². The van der Waals surface area contributed by atoms with Crippen molar-refractivity contribution in [2.24, 2.45) is 0 Å². The van der Waals surface area contributed by atoms with Gasteiger partial charge in [-0.1, -0.05) is 12.1 Å². The van der Waals surface area contributed by atoms with Crippen molar-refractivity contribution in [2.75, 3.05) is 33.4 Å². The summed E-state index contributed by atoms with van der Waals surface area (Å²) in [5.74, 6) is 0.977. The second-order valence-corrected chi connectivity index (χ2v) is 6.28. The number of allylic oxidation sites excluding steroid dienone is 1. The Morgan fingerprint density at radius 1 is 1.17 bits per heavy atom. The van der Waals surface area contributed by atoms with Crippen molar-refractivity contribution >= 4 is 0 Å². The van der Waals surface area contributed by atoms with Crippen LogP contribution in [-0.4, -0.2) is 54.6 Å². The van der Waals surface area contributed by atoms with E-state index in [1.165, 1.54) is 18.9 Å². The van der Waals surface area contributed by atoms with Gasteiger partial charge in [-0.3, -0.25) is 4.90 Å². The van der Waals surface area contributed by atoms with Crippen LogP contribution in [0.15, 0.2) is 47.9 Å². The molecule has 0 bridgehead atoms. The van der Waals surface area contributed by atoms with Gasteiger partial charge in [0.2, 0.25) is 0 Å². The van der Waals surface area contributed by atoms with Gasteiger partial charge in [-0.05, 0) is 49.7 Å². The molecule has 2 unspecified atom stereocenters. The smallest absolute Gasteiger partial charge is 0.129 e. The minimum absolute atomic E-state index is 0.122. The molecule has 1 aliphatic carbocycles. The van der Waals surface area contributed by atoms with E-state index < -0.39 is 6.10 Å². The molecular weight excluding hydrogens is 306 g/mol. The summed E-state index contributed by atoms with van der Waals surface area (Å²) in [4.78, 5) is 2.35. The minimum Gasteiger partial charge on any atom is -0.508 e. The van der Waals surface area contributed by atoms with Crippen molar-refractivity contribution < 1.29 is 19.7 Å². The van der Waals surface area contributed by atoms with E-state index in [9.17, 15) is 10.2 Å². The summed E-state index contributed by atoms with van der Waals surface area (Å²) in [5.41, 5.74) is 0.906. The highest BCUT2D eigenvalue weighted by atomic mass is 16.5. The van der Waals surface area contributed by atoms with Gasteiger partial charge < -0.3 is 19.7 Å². The topological polar surface area (TPSA) is 62.2 Å². The summed E-state index contributed by atoms with van der Waals surface area (Å²) >= 11 is 0. The van der Waals surface area contributed by atoms with Crippen LogP contribution in [0.2, 0.25) is 0 Å². The van der Waals surface area contributed by atoms with Gasteiger partial charge in [0.25, 0.3) is 0 Å². The summed E-state index contributed by atoms with van der Waals surface area (Å²) < 4.78 is 10.9. The van der Waals surface area contributed by atoms with E-state index in [1.54, 1.807) is 13.2 Å². The molecule has 0 aromatic heterocycles. The summed E-state index contributed by atoms with van der Waals surface area (Å²) in [6, 6.07) is 7.48. The number of methoxy groups -OCH3 is 1. The van der Waals surface area contributed by atoms with Gasteiger partial charge in [-0.15, -0.1) is 0 Å². The summed E-state index contributed by atoms with van der Waals surface area (Å²) in [7, 11) is 1.62. The molecule has 1 aromatic rings. The lowest BCUT2D eigenvalue weighted by Gasteiger charge is -2.27. The van der Waals surface area contributed by atoms with Crippen molar-refractivity contribution in [3.05, 3.63) is 53.5 Å². The zero-order chi connectivity index (χ0) is 16.9. The van der Waals surface area contributed by atoms with Crippen LogP contribution < -0.4 is 4.74 Å². The quantitative estimate of drug-likeness (QED) is 0.839. The standard InChI is InChI=1S/C19H25NO4/c1-23-16-6-4-14(5-7-16)17-12-15(21)13-18(19(17)22)24-11-10-20-8-2-3-9-20/h4-7,12-13,17,19,21-22H,2-3,8-11H2,1H3. The molecule has 5 heteroatoms. The lowest BCUT2D eigenvalue weighted by atomic mass is 9.88. The third-order valence-electron chi connectivity index (χ3n) is 4.65. The molecule has 1 fully saturated rings. The molecule has 2 atom stereocenters. The van der Waals surface area contributed by atoms with E-state index in [0.717, 1.165) is 30.9 Å². The molecule has 1 saturated heterocycles. The van der Waals surface area contributed by atoms with Gasteiger partial charge in [0.15, 0.2) is 0 Å². The first-order valence-electron chi connectivity index (χ1n) is 8.47. The summed E-state index contributed by atoms with van der Waals surface area (Å²) in [5, 5.41) is 20.6. The van der Waals surface area contributed by atoms with Crippen molar-refractivity contribution in [3.63, 3.8) is 0 Å². The Labute approximate surface area is 142 Å². The second kappa shape index (κ2) is 7.73. The van der Waals surface area contributed by atoms with Crippen LogP contribution in [-0.2, 0) is 4.74 Å². The minimum atomic E-state index is -0.798. The number of benzene rings is 1. The van der Waals surface area contributed by atoms with Crippen molar-refractivity contribution in [3.8, 4) is 5.75 Å². The number of hydrogen-bond donors (Lipinski definition) is 2. The number of aliphatic hydroxyl groups is 2. The van der Waals surface area contributed by atoms with E-state index in [1.807, 2.05) is 24.3 Å². The Kier molecular flexibility index (Phi) is 5.43. The molecule has 5 nitrogen and oxygen atoms in total. The fraction of sp³-hybridized carbons (Fsp3) is 0.474. The van der Waals surface area contributed by atoms with Crippen LogP contribution in [0.25, 0.3) is 0 Å². The number of ether oxygens (including phenoxy) is 2. The Morgan fingerprint density at radius 3 is 2.54 bits per heavy atom. The van der Waals surface area contributed by atoms with E-state index in [2.05, 4.69) is 4.90 Å². The Bertz CT molecular complexity index is 602. The molecule has 24 heavy (non-hydrogen) atoms. The first-order chi connectivity index (χ1) is 11.7. The molecule has 1 aromatic carbocycles. The number of likely N-dealkylation sites (tertiary alicyclic amines) is 1. The first kappa shape index (κ1) is 16.9. The molecule has 130 valence electrons. The van der Waals surface area contributed by atoms with Gasteiger partial charge >= 0.3 is 0 Å². The predicted octanol–water partition coefficient (Wildman–Crippen LogP) is 2.59. The Balaban J connectivity index is 1.63. The zero-order valence-electron chi connectivity index (χ0n) is 14.0. The fourth-order valence-electron chi connectivity index (χ4n) is 3.26. The third kappa shape index (κ3) is 3.91. The normalized spacial score (nSPS) is 24.4. The van der Waals surface area contributed by atoms with Crippen LogP contribution in [0, 0.1) is 0 Å². The van der Waals surface area contributed by atoms with Crippen LogP contribution >= 0.6 is 0 Å². The number of aliphatic hydroxyl groups excluding tert-OH is 2. The van der Waals surface area contributed by atoms with Crippen molar-refractivity contribution in [1.29, 1.82) is 0 Å². The summed E-state index contributed by atoms with van der Waals surface area (Å²) in [6.07, 6.45) is 4.85. The maximum absolute atomic E-state index is 10.6. The van der Waals surface area contributed by atoms with Crippen LogP contribution in [0.5, 0.6) is 5.75 Å². The van der Waals surface area contributed by atoms with Gasteiger partial charge in [-0.2, -0.15) is 0 Å². The van der Waals surface area contributed by atoms with Gasteiger partial charge in [-0.25, -0.2) is 0 Å². The molecule has 0 radical (unpaired) electrons. The van der Waals surface area contributed by atoms with E-state index in [-0.39, 0.29) is 11.7 Å². The molecule has 0 saturated carbocycles. The first-order valence-corrected chi connectivity index (χ1v) is 8.47. The van der Waals surface area contributed by atoms with Crippen LogP contribution in [0.3, 0.4) is 0 Å². The highest BCUT2D eigenvalue weighted by Gasteiger charge is 2.28. The number of nitrogens with zero attached hydrogens (tertiary/aromatic N) is 1. The lowest BCUT2D eigenvalue weighted by molar-refractivity contribution is 0.0790. The Hall–Kier alpha value is -1.98. The lowest BCUT2D eigenvalue weighted by Crippen LogP contribution is -2.28. The fourth-order valence-corrected chi connectivity index (χ4v) is 3.26. The highest BCUT2D eigenvalue weighted by molar-refractivity contribution is 5.38. The van der Waals surface area contributed by atoms with Crippen molar-refractivity contribution in [2.45, 2.75) is 24.9 Å². The maximum Gasteiger partial charge on any atom is 0.129 e. The number of hydrogen-bond acceptors (Lipinski definition) is 5. The van der Waals surface area contributed by atoms with E-state index in [0.29, 0.717) is 12.4 Å². The van der Waals surface area contributed by atoms with Gasteiger partial charge in [0.05, 0.1) is 7.11 Å². The van der Waals surface area contributed by atoms with Crippen LogP contribution in [0.4, 0.5) is 0 Å². The summed E-state index contributed by atoms with van der Waals surface area (Å²) in [6.45, 7) is 3.60. The molecule has 2 aliphatic rings. The average Bonchev–Trinajstić information content (AvgIpc) is 3.11. The second-order valence-electron chi connectivity index (χ2n) is 6.28. The SMILES string of the molecule is COc1ccc(C2C=C(O)C=C(OCCN3CCCC3)C2O)cc1. The van der Waals surface area contributed by atoms with Crippen LogP contribution in [0.1, 0.15) is 24.3 Å². The van der Waals surface area contributed by atoms with Gasteiger partial charge in [0, 0.05) is 18.5 Å². The molecule has 0 amide bonds. The molecule has 1 aliphatic heterocycles. The maximum atomic E-state index is 10.6. The largest absolute Gasteiger partial charge is 0.508 e. The Morgan fingerprint density at radius 2 is 1.88 bits per heavy atom. The molecule has 0 spiro atoms.